The largest absolute Gasteiger partial charge is 0.462 e. The number of ether oxygens (including phenoxy) is 2. The first-order chi connectivity index (χ1) is 13.8. The molecule has 0 aliphatic heterocycles. The van der Waals surface area contributed by atoms with Crippen molar-refractivity contribution in [3.05, 3.63) is 47.9 Å². The van der Waals surface area contributed by atoms with E-state index in [1.807, 2.05) is 18.0 Å². The lowest BCUT2D eigenvalue weighted by atomic mass is 10.2. The zero-order valence-corrected chi connectivity index (χ0v) is 17.3. The lowest BCUT2D eigenvalue weighted by molar-refractivity contribution is -0.142. The molecule has 0 unspecified atom stereocenters. The highest BCUT2D eigenvalue weighted by Crippen LogP contribution is 2.01. The van der Waals surface area contributed by atoms with Crippen LogP contribution in [0.3, 0.4) is 0 Å². The minimum Gasteiger partial charge on any atom is -0.462 e. The Labute approximate surface area is 172 Å². The highest BCUT2D eigenvalue weighted by molar-refractivity contribution is 5.93. The molecule has 0 fully saturated rings. The zero-order valence-electron chi connectivity index (χ0n) is 17.3. The van der Waals surface area contributed by atoms with Gasteiger partial charge in [0.2, 0.25) is 0 Å². The number of carbonyl (C=O) groups excluding carboxylic acids is 2. The Bertz CT molecular complexity index is 737. The molecule has 0 aromatic heterocycles. The number of hydrogen-bond donors (Lipinski definition) is 1. The Morgan fingerprint density at radius 1 is 1.10 bits per heavy atom. The van der Waals surface area contributed by atoms with Crippen molar-refractivity contribution < 1.29 is 19.1 Å². The molecule has 0 saturated carbocycles. The molecule has 0 rings (SSSR count). The Morgan fingerprint density at radius 3 is 2.31 bits per heavy atom. The van der Waals surface area contributed by atoms with Gasteiger partial charge in [0.1, 0.15) is 23.3 Å². The zero-order chi connectivity index (χ0) is 22.1. The van der Waals surface area contributed by atoms with Crippen LogP contribution in [0.1, 0.15) is 27.2 Å². The normalized spacial score (nSPS) is 12.0. The summed E-state index contributed by atoms with van der Waals surface area (Å²) in [7, 11) is 1.87. The topological polar surface area (TPSA) is 115 Å². The van der Waals surface area contributed by atoms with Crippen molar-refractivity contribution in [1.82, 2.24) is 10.2 Å². The fraction of sp³-hybridized carbons (Fsp3) is 0.429. The van der Waals surface area contributed by atoms with Gasteiger partial charge in [0.05, 0.1) is 12.7 Å². The summed E-state index contributed by atoms with van der Waals surface area (Å²) in [5, 5.41) is 20.9. The number of allylic oxidation sites excluding steroid dienone is 4. The van der Waals surface area contributed by atoms with Gasteiger partial charge in [-0.05, 0) is 63.9 Å². The summed E-state index contributed by atoms with van der Waals surface area (Å²) >= 11 is 0. The quantitative estimate of drug-likeness (QED) is 0.174. The Kier molecular flexibility index (Phi) is 13.6. The number of hydrogen-bond acceptors (Lipinski definition) is 8. The maximum Gasteiger partial charge on any atom is 0.349 e. The van der Waals surface area contributed by atoms with E-state index >= 15 is 0 Å². The molecule has 29 heavy (non-hydrogen) atoms. The highest BCUT2D eigenvalue weighted by atomic mass is 16.5. The van der Waals surface area contributed by atoms with Crippen LogP contribution in [0.25, 0.3) is 0 Å². The second-order valence-corrected chi connectivity index (χ2v) is 6.05. The molecule has 0 aromatic carbocycles. The van der Waals surface area contributed by atoms with E-state index in [1.54, 1.807) is 51.4 Å². The minimum atomic E-state index is -0.642. The molecule has 0 amide bonds. The maximum absolute atomic E-state index is 11.6. The van der Waals surface area contributed by atoms with Crippen LogP contribution < -0.4 is 5.32 Å². The Hall–Kier alpha value is -3.52. The molecule has 0 atom stereocenters. The molecule has 0 saturated heterocycles. The molecule has 0 aliphatic rings. The summed E-state index contributed by atoms with van der Waals surface area (Å²) < 4.78 is 9.74. The number of carbonyl (C=O) groups is 2. The van der Waals surface area contributed by atoms with Crippen molar-refractivity contribution in [2.24, 2.45) is 0 Å². The summed E-state index contributed by atoms with van der Waals surface area (Å²) in [6.45, 7) is 6.76. The third-order valence-electron chi connectivity index (χ3n) is 3.21. The average Bonchev–Trinajstić information content (AvgIpc) is 2.66. The van der Waals surface area contributed by atoms with Crippen LogP contribution in [0, 0.1) is 22.7 Å². The molecule has 0 bridgehead atoms. The Balaban J connectivity index is 4.28. The first-order valence-corrected chi connectivity index (χ1v) is 9.22. The van der Waals surface area contributed by atoms with Gasteiger partial charge >= 0.3 is 11.9 Å². The number of nitriles is 2. The van der Waals surface area contributed by atoms with Crippen LogP contribution >= 0.6 is 0 Å². The van der Waals surface area contributed by atoms with Crippen molar-refractivity contribution in [3.8, 4) is 12.1 Å². The molecule has 0 radical (unpaired) electrons. The van der Waals surface area contributed by atoms with E-state index < -0.39 is 11.9 Å². The van der Waals surface area contributed by atoms with Crippen LogP contribution in [0.15, 0.2) is 47.9 Å². The number of esters is 2. The summed E-state index contributed by atoms with van der Waals surface area (Å²) in [5.41, 5.74) is -0.111. The maximum atomic E-state index is 11.6. The molecule has 8 nitrogen and oxygen atoms in total. The molecule has 0 aromatic rings. The second kappa shape index (κ2) is 15.5. The molecular formula is C21H28N4O4. The van der Waals surface area contributed by atoms with E-state index in [2.05, 4.69) is 5.32 Å². The van der Waals surface area contributed by atoms with Gasteiger partial charge in [0, 0.05) is 20.1 Å². The van der Waals surface area contributed by atoms with Crippen molar-refractivity contribution in [1.29, 1.82) is 10.5 Å². The Morgan fingerprint density at radius 2 is 1.72 bits per heavy atom. The minimum absolute atomic E-state index is 0.0506. The van der Waals surface area contributed by atoms with Crippen molar-refractivity contribution in [2.45, 2.75) is 33.3 Å². The lowest BCUT2D eigenvalue weighted by Gasteiger charge is -2.13. The molecule has 0 spiro atoms. The fourth-order valence-electron chi connectivity index (χ4n) is 1.88. The molecule has 0 heterocycles. The summed E-state index contributed by atoms with van der Waals surface area (Å²) in [6.07, 6.45) is 9.96. The number of rotatable bonds is 12. The fourth-order valence-corrected chi connectivity index (χ4v) is 1.88. The van der Waals surface area contributed by atoms with Crippen molar-refractivity contribution in [3.63, 3.8) is 0 Å². The van der Waals surface area contributed by atoms with Gasteiger partial charge in [-0.1, -0.05) is 0 Å². The van der Waals surface area contributed by atoms with E-state index in [4.69, 9.17) is 20.0 Å². The third-order valence-corrected chi connectivity index (χ3v) is 3.21. The van der Waals surface area contributed by atoms with Crippen LogP contribution in [0.4, 0.5) is 0 Å². The predicted octanol–water partition coefficient (Wildman–Crippen LogP) is 2.34. The molecule has 1 N–H and O–H groups in total. The van der Waals surface area contributed by atoms with Gasteiger partial charge in [-0.3, -0.25) is 0 Å². The lowest BCUT2D eigenvalue weighted by Crippen LogP contribution is -2.17. The van der Waals surface area contributed by atoms with E-state index in [1.165, 1.54) is 12.2 Å². The van der Waals surface area contributed by atoms with Crippen LogP contribution in [-0.4, -0.2) is 49.7 Å². The van der Waals surface area contributed by atoms with Crippen molar-refractivity contribution in [2.75, 3.05) is 26.7 Å². The first kappa shape index (κ1) is 25.5. The second-order valence-electron chi connectivity index (χ2n) is 6.05. The van der Waals surface area contributed by atoms with Gasteiger partial charge in [0.25, 0.3) is 0 Å². The molecule has 156 valence electrons. The van der Waals surface area contributed by atoms with E-state index in [-0.39, 0.29) is 23.9 Å². The summed E-state index contributed by atoms with van der Waals surface area (Å²) in [6, 6.07) is 3.62. The molecule has 8 heteroatoms. The van der Waals surface area contributed by atoms with Crippen LogP contribution in [0.2, 0.25) is 0 Å². The number of nitrogens with one attached hydrogen (secondary N) is 1. The van der Waals surface area contributed by atoms with Gasteiger partial charge in [-0.2, -0.15) is 10.5 Å². The van der Waals surface area contributed by atoms with E-state index in [0.29, 0.717) is 6.54 Å². The molecular weight excluding hydrogens is 372 g/mol. The van der Waals surface area contributed by atoms with Gasteiger partial charge in [0.15, 0.2) is 0 Å². The monoisotopic (exact) mass is 400 g/mol. The third kappa shape index (κ3) is 12.5. The van der Waals surface area contributed by atoms with E-state index in [0.717, 1.165) is 13.0 Å². The first-order valence-electron chi connectivity index (χ1n) is 9.22. The number of nitrogens with zero attached hydrogens (tertiary/aromatic N) is 3. The summed E-state index contributed by atoms with van der Waals surface area (Å²) in [5.74, 6) is -1.28. The molecule has 0 aliphatic carbocycles. The average molecular weight is 400 g/mol. The SMILES string of the molecule is CCOC(=O)/C(C#N)=C/C=C/N(C)CCCN/C=C/C=C(\C#N)C(=O)OC(C)C. The smallest absolute Gasteiger partial charge is 0.349 e. The van der Waals surface area contributed by atoms with Gasteiger partial charge in [-0.25, -0.2) is 9.59 Å². The predicted molar refractivity (Wildman–Crippen MR) is 109 cm³/mol. The van der Waals surface area contributed by atoms with Crippen LogP contribution in [0.5, 0.6) is 0 Å². The van der Waals surface area contributed by atoms with Crippen LogP contribution in [-0.2, 0) is 19.1 Å². The van der Waals surface area contributed by atoms with Gasteiger partial charge < -0.3 is 19.7 Å². The van der Waals surface area contributed by atoms with Crippen molar-refractivity contribution >= 4 is 11.9 Å². The highest BCUT2D eigenvalue weighted by Gasteiger charge is 2.10. The standard InChI is InChI=1S/C21H28N4O4/c1-5-28-20(26)18(15-22)10-7-13-25(4)14-8-12-24-11-6-9-19(16-23)21(27)29-17(2)3/h6-7,9-11,13,17,24H,5,8,12,14H2,1-4H3/b11-6+,13-7+,18-10+,19-9+. The van der Waals surface area contributed by atoms with E-state index in [9.17, 15) is 9.59 Å². The summed E-state index contributed by atoms with van der Waals surface area (Å²) in [4.78, 5) is 25.0. The van der Waals surface area contributed by atoms with Gasteiger partial charge in [-0.15, -0.1) is 0 Å².